The number of hydrogen-bond donors (Lipinski definition) is 2. The lowest BCUT2D eigenvalue weighted by atomic mass is 10.2. The number of fused-ring (bicyclic) bond motifs is 1. The summed E-state index contributed by atoms with van der Waals surface area (Å²) in [7, 11) is 0. The Morgan fingerprint density at radius 1 is 1.12 bits per heavy atom. The summed E-state index contributed by atoms with van der Waals surface area (Å²) in [4.78, 5) is 23.6. The Bertz CT molecular complexity index is 840. The van der Waals surface area contributed by atoms with Crippen molar-refractivity contribution in [1.82, 2.24) is 10.7 Å². The van der Waals surface area contributed by atoms with Gasteiger partial charge in [-0.1, -0.05) is 30.3 Å². The fourth-order valence-electron chi connectivity index (χ4n) is 2.25. The Morgan fingerprint density at radius 2 is 1.85 bits per heavy atom. The molecule has 8 heteroatoms. The topological polar surface area (TPSA) is 89.0 Å². The van der Waals surface area contributed by atoms with Crippen LogP contribution in [0.4, 0.5) is 0 Å². The normalized spacial score (nSPS) is 12.2. The van der Waals surface area contributed by atoms with Gasteiger partial charge in [0, 0.05) is 16.6 Å². The molecule has 1 heterocycles. The van der Waals surface area contributed by atoms with Crippen LogP contribution in [0.1, 0.15) is 17.5 Å². The van der Waals surface area contributed by atoms with Crippen molar-refractivity contribution in [3.8, 4) is 11.5 Å². The van der Waals surface area contributed by atoms with Crippen LogP contribution < -0.4 is 20.2 Å². The number of hydrazone groups is 1. The Hall–Kier alpha value is -2.87. The number of carbonyl (C=O) groups is 2. The molecule has 0 bridgehead atoms. The first-order chi connectivity index (χ1) is 12.6. The molecule has 7 nitrogen and oxygen atoms in total. The lowest BCUT2D eigenvalue weighted by Gasteiger charge is -2.05. The largest absolute Gasteiger partial charge is 0.454 e. The summed E-state index contributed by atoms with van der Waals surface area (Å²) in [5, 5.41) is 6.55. The lowest BCUT2D eigenvalue weighted by molar-refractivity contribution is -0.129. The van der Waals surface area contributed by atoms with Gasteiger partial charge in [0.1, 0.15) is 6.42 Å². The maximum atomic E-state index is 11.8. The number of halogens is 1. The smallest absolute Gasteiger partial charge is 0.249 e. The number of rotatable bonds is 6. The minimum absolute atomic E-state index is 0.178. The van der Waals surface area contributed by atoms with E-state index in [-0.39, 0.29) is 19.1 Å². The number of ether oxygens (including phenoxy) is 2. The van der Waals surface area contributed by atoms with Crippen LogP contribution in [-0.2, 0) is 16.1 Å². The molecule has 0 saturated carbocycles. The molecule has 0 fully saturated rings. The van der Waals surface area contributed by atoms with Crippen LogP contribution in [0.15, 0.2) is 52.0 Å². The third-order valence-electron chi connectivity index (χ3n) is 3.54. The molecule has 0 saturated heterocycles. The zero-order chi connectivity index (χ0) is 18.4. The molecule has 2 amide bonds. The SMILES string of the molecule is O=C(CC(=O)N/N=C/c1cc2c(cc1Br)OCO2)NCc1ccccc1. The van der Waals surface area contributed by atoms with Gasteiger partial charge in [-0.25, -0.2) is 5.43 Å². The number of amides is 2. The van der Waals surface area contributed by atoms with E-state index < -0.39 is 5.91 Å². The molecule has 2 aromatic rings. The molecule has 2 aromatic carbocycles. The van der Waals surface area contributed by atoms with Crippen LogP contribution in [0.2, 0.25) is 0 Å². The Kier molecular flexibility index (Phi) is 5.85. The number of carbonyl (C=O) groups excluding carboxylic acids is 2. The van der Waals surface area contributed by atoms with Gasteiger partial charge in [-0.05, 0) is 33.6 Å². The highest BCUT2D eigenvalue weighted by Crippen LogP contribution is 2.36. The van der Waals surface area contributed by atoms with Gasteiger partial charge < -0.3 is 14.8 Å². The van der Waals surface area contributed by atoms with Crippen LogP contribution in [0.3, 0.4) is 0 Å². The fraction of sp³-hybridized carbons (Fsp3) is 0.167. The van der Waals surface area contributed by atoms with Crippen LogP contribution >= 0.6 is 15.9 Å². The van der Waals surface area contributed by atoms with Crippen LogP contribution in [0, 0.1) is 0 Å². The zero-order valence-corrected chi connectivity index (χ0v) is 15.3. The van der Waals surface area contributed by atoms with E-state index in [0.717, 1.165) is 10.0 Å². The maximum Gasteiger partial charge on any atom is 0.249 e. The second-order valence-electron chi connectivity index (χ2n) is 5.46. The molecule has 3 rings (SSSR count). The van der Waals surface area contributed by atoms with Gasteiger partial charge in [0.2, 0.25) is 18.6 Å². The monoisotopic (exact) mass is 417 g/mol. The van der Waals surface area contributed by atoms with E-state index >= 15 is 0 Å². The highest BCUT2D eigenvalue weighted by Gasteiger charge is 2.15. The first-order valence-corrected chi connectivity index (χ1v) is 8.63. The molecule has 0 unspecified atom stereocenters. The Morgan fingerprint density at radius 3 is 2.62 bits per heavy atom. The number of hydrogen-bond acceptors (Lipinski definition) is 5. The highest BCUT2D eigenvalue weighted by molar-refractivity contribution is 9.10. The Balaban J connectivity index is 1.46. The van der Waals surface area contributed by atoms with E-state index in [1.54, 1.807) is 12.1 Å². The van der Waals surface area contributed by atoms with E-state index in [2.05, 4.69) is 31.8 Å². The van der Waals surface area contributed by atoms with Crippen LogP contribution in [0.25, 0.3) is 0 Å². The van der Waals surface area contributed by atoms with Gasteiger partial charge in [-0.3, -0.25) is 9.59 Å². The standard InChI is InChI=1S/C18H16BrN3O4/c19-14-7-16-15(25-11-26-16)6-13(14)10-21-22-18(24)8-17(23)20-9-12-4-2-1-3-5-12/h1-7,10H,8-9,11H2,(H,20,23)(H,22,24)/b21-10+. The molecular formula is C18H16BrN3O4. The first kappa shape index (κ1) is 17.9. The van der Waals surface area contributed by atoms with Crippen molar-refractivity contribution in [2.24, 2.45) is 5.10 Å². The molecule has 1 aliphatic heterocycles. The summed E-state index contributed by atoms with van der Waals surface area (Å²) in [6.45, 7) is 0.553. The van der Waals surface area contributed by atoms with E-state index in [0.29, 0.717) is 23.6 Å². The van der Waals surface area contributed by atoms with Crippen molar-refractivity contribution in [3.63, 3.8) is 0 Å². The molecule has 26 heavy (non-hydrogen) atoms. The molecule has 0 radical (unpaired) electrons. The fourth-order valence-corrected chi connectivity index (χ4v) is 2.67. The Labute approximate surface area is 158 Å². The van der Waals surface area contributed by atoms with Crippen molar-refractivity contribution < 1.29 is 19.1 Å². The summed E-state index contributed by atoms with van der Waals surface area (Å²) in [5.41, 5.74) is 4.01. The molecule has 0 spiro atoms. The van der Waals surface area contributed by atoms with Gasteiger partial charge in [0.25, 0.3) is 0 Å². The van der Waals surface area contributed by atoms with Gasteiger partial charge in [0.05, 0.1) is 6.21 Å². The second kappa shape index (κ2) is 8.48. The predicted molar refractivity (Wildman–Crippen MR) is 98.9 cm³/mol. The maximum absolute atomic E-state index is 11.8. The summed E-state index contributed by atoms with van der Waals surface area (Å²) in [5.74, 6) is 0.393. The molecule has 0 aliphatic carbocycles. The van der Waals surface area contributed by atoms with Crippen molar-refractivity contribution in [2.75, 3.05) is 6.79 Å². The molecule has 1 aliphatic rings. The summed E-state index contributed by atoms with van der Waals surface area (Å²) >= 11 is 3.40. The molecular weight excluding hydrogens is 402 g/mol. The number of nitrogens with zero attached hydrogens (tertiary/aromatic N) is 1. The second-order valence-corrected chi connectivity index (χ2v) is 6.31. The van der Waals surface area contributed by atoms with Crippen molar-refractivity contribution in [3.05, 3.63) is 58.1 Å². The van der Waals surface area contributed by atoms with Crippen LogP contribution in [0.5, 0.6) is 11.5 Å². The third kappa shape index (κ3) is 4.82. The molecule has 0 aromatic heterocycles. The van der Waals surface area contributed by atoms with Crippen molar-refractivity contribution in [2.45, 2.75) is 13.0 Å². The molecule has 0 atom stereocenters. The van der Waals surface area contributed by atoms with Gasteiger partial charge >= 0.3 is 0 Å². The average Bonchev–Trinajstić information content (AvgIpc) is 3.08. The first-order valence-electron chi connectivity index (χ1n) is 7.83. The average molecular weight is 418 g/mol. The van der Waals surface area contributed by atoms with Crippen LogP contribution in [-0.4, -0.2) is 24.8 Å². The van der Waals surface area contributed by atoms with Gasteiger partial charge in [0.15, 0.2) is 11.5 Å². The number of nitrogens with one attached hydrogen (secondary N) is 2. The van der Waals surface area contributed by atoms with Crippen molar-refractivity contribution >= 4 is 34.0 Å². The lowest BCUT2D eigenvalue weighted by Crippen LogP contribution is -2.29. The molecule has 134 valence electrons. The van der Waals surface area contributed by atoms with E-state index in [9.17, 15) is 9.59 Å². The molecule has 2 N–H and O–H groups in total. The van der Waals surface area contributed by atoms with E-state index in [4.69, 9.17) is 9.47 Å². The minimum atomic E-state index is -0.497. The number of benzene rings is 2. The van der Waals surface area contributed by atoms with E-state index in [1.165, 1.54) is 6.21 Å². The minimum Gasteiger partial charge on any atom is -0.454 e. The summed E-state index contributed by atoms with van der Waals surface area (Å²) < 4.78 is 11.3. The summed E-state index contributed by atoms with van der Waals surface area (Å²) in [6, 6.07) is 13.0. The van der Waals surface area contributed by atoms with Gasteiger partial charge in [-0.2, -0.15) is 5.10 Å². The summed E-state index contributed by atoms with van der Waals surface area (Å²) in [6.07, 6.45) is 1.16. The third-order valence-corrected chi connectivity index (χ3v) is 4.23. The van der Waals surface area contributed by atoms with Crippen molar-refractivity contribution in [1.29, 1.82) is 0 Å². The van der Waals surface area contributed by atoms with Gasteiger partial charge in [-0.15, -0.1) is 0 Å². The predicted octanol–water partition coefficient (Wildman–Crippen LogP) is 2.33. The van der Waals surface area contributed by atoms with E-state index in [1.807, 2.05) is 30.3 Å². The zero-order valence-electron chi connectivity index (χ0n) is 13.7. The highest BCUT2D eigenvalue weighted by atomic mass is 79.9. The quantitative estimate of drug-likeness (QED) is 0.428.